The highest BCUT2D eigenvalue weighted by atomic mass is 32.2. The van der Waals surface area contributed by atoms with Crippen molar-refractivity contribution in [2.24, 2.45) is 0 Å². The molecule has 5 rings (SSSR count). The van der Waals surface area contributed by atoms with Crippen molar-refractivity contribution in [3.8, 4) is 0 Å². The Morgan fingerprint density at radius 1 is 0.938 bits per heavy atom. The molecule has 1 aliphatic heterocycles. The molecule has 158 valence electrons. The molecule has 4 nitrogen and oxygen atoms in total. The maximum Gasteiger partial charge on any atom is 0.293 e. The second kappa shape index (κ2) is 8.73. The molecule has 2 heterocycles. The van der Waals surface area contributed by atoms with E-state index in [1.807, 2.05) is 73.7 Å². The molecular formula is C26H19NO3S2. The minimum atomic E-state index is -0.294. The molecule has 0 bridgehead atoms. The number of hydrogen-bond donors (Lipinski definition) is 0. The second-order valence-electron chi connectivity index (χ2n) is 7.52. The van der Waals surface area contributed by atoms with Crippen molar-refractivity contribution in [2.75, 3.05) is 0 Å². The number of aryl methyl sites for hydroxylation is 1. The van der Waals surface area contributed by atoms with E-state index in [0.717, 1.165) is 38.1 Å². The SMILES string of the molecule is Cc1ccc(Sc2ccc(/C=C3\SC(=O)N(Cc4ccc5ccccc5c4)C3=O)o2)cc1. The van der Waals surface area contributed by atoms with Crippen LogP contribution in [0.4, 0.5) is 4.79 Å². The van der Waals surface area contributed by atoms with E-state index in [4.69, 9.17) is 4.42 Å². The number of furan rings is 1. The summed E-state index contributed by atoms with van der Waals surface area (Å²) < 4.78 is 5.86. The summed E-state index contributed by atoms with van der Waals surface area (Å²) in [6.45, 7) is 2.30. The molecule has 0 saturated carbocycles. The van der Waals surface area contributed by atoms with Gasteiger partial charge in [0.25, 0.3) is 11.1 Å². The van der Waals surface area contributed by atoms with Gasteiger partial charge in [-0.1, -0.05) is 65.9 Å². The van der Waals surface area contributed by atoms with Crippen LogP contribution in [0.15, 0.2) is 98.2 Å². The van der Waals surface area contributed by atoms with E-state index in [0.29, 0.717) is 10.7 Å². The highest BCUT2D eigenvalue weighted by molar-refractivity contribution is 8.18. The van der Waals surface area contributed by atoms with Crippen LogP contribution in [-0.2, 0) is 11.3 Å². The van der Waals surface area contributed by atoms with E-state index in [1.54, 1.807) is 6.08 Å². The van der Waals surface area contributed by atoms with Crippen molar-refractivity contribution in [1.82, 2.24) is 4.90 Å². The van der Waals surface area contributed by atoms with Gasteiger partial charge in [0.1, 0.15) is 5.76 Å². The molecular weight excluding hydrogens is 438 g/mol. The van der Waals surface area contributed by atoms with Crippen LogP contribution >= 0.6 is 23.5 Å². The standard InChI is InChI=1S/C26H19NO3S2/c1-17-6-11-22(12-7-17)31-24-13-10-21(30-24)15-23-25(28)27(26(29)32-23)16-18-8-9-19-4-2-3-5-20(19)14-18/h2-15H,16H2,1H3/b23-15-. The summed E-state index contributed by atoms with van der Waals surface area (Å²) in [4.78, 5) is 28.1. The second-order valence-corrected chi connectivity index (χ2v) is 9.59. The van der Waals surface area contributed by atoms with E-state index in [-0.39, 0.29) is 17.7 Å². The number of thioether (sulfide) groups is 1. The summed E-state index contributed by atoms with van der Waals surface area (Å²) in [5, 5.41) is 2.68. The van der Waals surface area contributed by atoms with Crippen LogP contribution in [0.5, 0.6) is 0 Å². The quantitative estimate of drug-likeness (QED) is 0.298. The third kappa shape index (κ3) is 4.38. The highest BCUT2D eigenvalue weighted by Crippen LogP contribution is 2.35. The number of nitrogens with zero attached hydrogens (tertiary/aromatic N) is 1. The third-order valence-electron chi connectivity index (χ3n) is 5.14. The van der Waals surface area contributed by atoms with Crippen LogP contribution in [0.3, 0.4) is 0 Å². The average molecular weight is 458 g/mol. The first-order valence-corrected chi connectivity index (χ1v) is 11.8. The molecule has 1 aliphatic rings. The first kappa shape index (κ1) is 20.7. The van der Waals surface area contributed by atoms with Crippen molar-refractivity contribution in [3.63, 3.8) is 0 Å². The van der Waals surface area contributed by atoms with Crippen molar-refractivity contribution < 1.29 is 14.0 Å². The number of carbonyl (C=O) groups is 2. The van der Waals surface area contributed by atoms with E-state index in [2.05, 4.69) is 12.1 Å². The summed E-state index contributed by atoms with van der Waals surface area (Å²) in [6.07, 6.45) is 1.64. The number of hydrogen-bond acceptors (Lipinski definition) is 5. The average Bonchev–Trinajstić information content (AvgIpc) is 3.34. The smallest absolute Gasteiger partial charge is 0.293 e. The molecule has 0 unspecified atom stereocenters. The van der Waals surface area contributed by atoms with Crippen LogP contribution < -0.4 is 0 Å². The Kier molecular flexibility index (Phi) is 5.64. The monoisotopic (exact) mass is 457 g/mol. The predicted octanol–water partition coefficient (Wildman–Crippen LogP) is 7.13. The molecule has 3 aromatic carbocycles. The van der Waals surface area contributed by atoms with Gasteiger partial charge in [-0.25, -0.2) is 0 Å². The van der Waals surface area contributed by atoms with Gasteiger partial charge in [-0.2, -0.15) is 0 Å². The Balaban J connectivity index is 1.31. The maximum absolute atomic E-state index is 12.9. The lowest BCUT2D eigenvalue weighted by molar-refractivity contribution is -0.123. The fourth-order valence-corrected chi connectivity index (χ4v) is 5.07. The van der Waals surface area contributed by atoms with Gasteiger partial charge in [-0.15, -0.1) is 0 Å². The van der Waals surface area contributed by atoms with Gasteiger partial charge in [0.05, 0.1) is 11.4 Å². The number of fused-ring (bicyclic) bond motifs is 1. The van der Waals surface area contributed by atoms with Crippen LogP contribution in [0.2, 0.25) is 0 Å². The highest BCUT2D eigenvalue weighted by Gasteiger charge is 2.35. The zero-order chi connectivity index (χ0) is 22.1. The van der Waals surface area contributed by atoms with Crippen LogP contribution in [0.1, 0.15) is 16.9 Å². The predicted molar refractivity (Wildman–Crippen MR) is 129 cm³/mol. The minimum Gasteiger partial charge on any atom is -0.450 e. The van der Waals surface area contributed by atoms with Gasteiger partial charge in [0.2, 0.25) is 0 Å². The fourth-order valence-electron chi connectivity index (χ4n) is 3.47. The number of imide groups is 1. The molecule has 0 atom stereocenters. The zero-order valence-electron chi connectivity index (χ0n) is 17.3. The normalized spacial score (nSPS) is 15.3. The maximum atomic E-state index is 12.9. The molecule has 4 aromatic rings. The number of benzene rings is 3. The third-order valence-corrected chi connectivity index (χ3v) is 6.98. The van der Waals surface area contributed by atoms with Gasteiger partial charge >= 0.3 is 0 Å². The summed E-state index contributed by atoms with van der Waals surface area (Å²) in [5.74, 6) is 0.258. The first-order valence-electron chi connectivity index (χ1n) is 10.1. The van der Waals surface area contributed by atoms with E-state index < -0.39 is 0 Å². The van der Waals surface area contributed by atoms with Gasteiger partial charge in [-0.05, 0) is 65.4 Å². The Bertz CT molecular complexity index is 1360. The lowest BCUT2D eigenvalue weighted by Gasteiger charge is -2.13. The van der Waals surface area contributed by atoms with Crippen LogP contribution in [0, 0.1) is 6.92 Å². The molecule has 0 spiro atoms. The largest absolute Gasteiger partial charge is 0.450 e. The Labute approximate surface area is 194 Å². The van der Waals surface area contributed by atoms with Crippen LogP contribution in [-0.4, -0.2) is 16.0 Å². The Morgan fingerprint density at radius 3 is 2.53 bits per heavy atom. The summed E-state index contributed by atoms with van der Waals surface area (Å²) in [7, 11) is 0. The van der Waals surface area contributed by atoms with E-state index in [1.165, 1.54) is 22.2 Å². The van der Waals surface area contributed by atoms with Gasteiger partial charge in [-0.3, -0.25) is 14.5 Å². The number of carbonyl (C=O) groups excluding carboxylic acids is 2. The fraction of sp³-hybridized carbons (Fsp3) is 0.0769. The molecule has 32 heavy (non-hydrogen) atoms. The zero-order valence-corrected chi connectivity index (χ0v) is 18.9. The molecule has 0 radical (unpaired) electrons. The van der Waals surface area contributed by atoms with Crippen molar-refractivity contribution in [1.29, 1.82) is 0 Å². The topological polar surface area (TPSA) is 50.5 Å². The van der Waals surface area contributed by atoms with E-state index >= 15 is 0 Å². The van der Waals surface area contributed by atoms with Gasteiger partial charge in [0.15, 0.2) is 5.09 Å². The van der Waals surface area contributed by atoms with E-state index in [9.17, 15) is 9.59 Å². The molecule has 2 amide bonds. The number of rotatable bonds is 5. The molecule has 1 aromatic heterocycles. The molecule has 0 N–H and O–H groups in total. The summed E-state index contributed by atoms with van der Waals surface area (Å²) in [5.41, 5.74) is 2.12. The Hall–Kier alpha value is -3.22. The molecule has 0 aliphatic carbocycles. The van der Waals surface area contributed by atoms with Crippen molar-refractivity contribution in [3.05, 3.63) is 101 Å². The molecule has 6 heteroatoms. The number of amides is 2. The lowest BCUT2D eigenvalue weighted by Crippen LogP contribution is -2.27. The van der Waals surface area contributed by atoms with Gasteiger partial charge < -0.3 is 4.42 Å². The molecule has 1 fully saturated rings. The van der Waals surface area contributed by atoms with Crippen molar-refractivity contribution in [2.45, 2.75) is 23.5 Å². The minimum absolute atomic E-state index is 0.250. The van der Waals surface area contributed by atoms with Crippen LogP contribution in [0.25, 0.3) is 16.8 Å². The Morgan fingerprint density at radius 2 is 1.72 bits per heavy atom. The summed E-state index contributed by atoms with van der Waals surface area (Å²) >= 11 is 2.46. The van der Waals surface area contributed by atoms with Crippen molar-refractivity contribution >= 4 is 51.5 Å². The molecule has 1 saturated heterocycles. The van der Waals surface area contributed by atoms with Gasteiger partial charge in [0, 0.05) is 11.0 Å². The first-order chi connectivity index (χ1) is 15.5. The lowest BCUT2D eigenvalue weighted by atomic mass is 10.1. The summed E-state index contributed by atoms with van der Waals surface area (Å²) in [6, 6.07) is 25.9.